The first-order valence-electron chi connectivity index (χ1n) is 10.9. The standard InChI is InChI=1S/C23H26ClF3N2O4S/c1-2-33-18-9-11-19(12-10-18)34(31,32)29(17-6-4-3-5-7-17)15-22(30)28-21-14-16(23(25,26)27)8-13-20(21)24/h8-14,17H,2-7,15H2,1H3,(H,28,30). The molecule has 0 radical (unpaired) electrons. The molecular weight excluding hydrogens is 493 g/mol. The number of ether oxygens (including phenoxy) is 1. The van der Waals surface area contributed by atoms with Gasteiger partial charge >= 0.3 is 6.18 Å². The molecule has 0 bridgehead atoms. The molecule has 2 aromatic carbocycles. The molecule has 1 aliphatic rings. The van der Waals surface area contributed by atoms with E-state index in [2.05, 4.69) is 5.32 Å². The van der Waals surface area contributed by atoms with Gasteiger partial charge in [0, 0.05) is 6.04 Å². The Bertz CT molecular complexity index is 1100. The highest BCUT2D eigenvalue weighted by Crippen LogP contribution is 2.34. The summed E-state index contributed by atoms with van der Waals surface area (Å²) in [6.07, 6.45) is -0.821. The van der Waals surface area contributed by atoms with Crippen LogP contribution >= 0.6 is 11.6 Å². The number of amides is 1. The van der Waals surface area contributed by atoms with E-state index >= 15 is 0 Å². The summed E-state index contributed by atoms with van der Waals surface area (Å²) < 4.78 is 72.6. The summed E-state index contributed by atoms with van der Waals surface area (Å²) in [5.74, 6) is -0.260. The van der Waals surface area contributed by atoms with Crippen molar-refractivity contribution in [2.75, 3.05) is 18.5 Å². The molecule has 0 saturated heterocycles. The molecule has 1 aliphatic carbocycles. The number of benzene rings is 2. The number of nitrogens with one attached hydrogen (secondary N) is 1. The number of carbonyl (C=O) groups is 1. The Hall–Kier alpha value is -2.30. The van der Waals surface area contributed by atoms with Crippen LogP contribution in [0.1, 0.15) is 44.6 Å². The van der Waals surface area contributed by atoms with Crippen LogP contribution in [0.25, 0.3) is 0 Å². The smallest absolute Gasteiger partial charge is 0.416 e. The third-order valence-corrected chi connectivity index (χ3v) is 7.83. The van der Waals surface area contributed by atoms with Crippen LogP contribution in [0.5, 0.6) is 5.75 Å². The normalized spacial score (nSPS) is 15.4. The second-order valence-corrected chi connectivity index (χ2v) is 10.3. The molecular formula is C23H26ClF3N2O4S. The van der Waals surface area contributed by atoms with Gasteiger partial charge in [-0.3, -0.25) is 4.79 Å². The summed E-state index contributed by atoms with van der Waals surface area (Å²) >= 11 is 5.98. The molecule has 1 saturated carbocycles. The van der Waals surface area contributed by atoms with Crippen molar-refractivity contribution in [3.63, 3.8) is 0 Å². The number of carbonyl (C=O) groups excluding carboxylic acids is 1. The van der Waals surface area contributed by atoms with Crippen molar-refractivity contribution in [1.82, 2.24) is 4.31 Å². The van der Waals surface area contributed by atoms with Gasteiger partial charge in [0.2, 0.25) is 15.9 Å². The van der Waals surface area contributed by atoms with Gasteiger partial charge in [-0.1, -0.05) is 30.9 Å². The quantitative estimate of drug-likeness (QED) is 0.485. The minimum absolute atomic E-state index is 0.00595. The summed E-state index contributed by atoms with van der Waals surface area (Å²) in [6, 6.07) is 8.09. The summed E-state index contributed by atoms with van der Waals surface area (Å²) in [7, 11) is -4.06. The average Bonchev–Trinajstić information content (AvgIpc) is 2.79. The molecule has 0 atom stereocenters. The van der Waals surface area contributed by atoms with E-state index in [4.69, 9.17) is 16.3 Å². The van der Waals surface area contributed by atoms with Gasteiger partial charge in [-0.15, -0.1) is 0 Å². The Kier molecular flexibility index (Phi) is 8.48. The molecule has 0 unspecified atom stereocenters. The molecule has 186 valence electrons. The highest BCUT2D eigenvalue weighted by molar-refractivity contribution is 7.89. The van der Waals surface area contributed by atoms with Crippen LogP contribution in [-0.2, 0) is 21.0 Å². The van der Waals surface area contributed by atoms with Crippen molar-refractivity contribution in [2.24, 2.45) is 0 Å². The Balaban J connectivity index is 1.86. The Labute approximate surface area is 202 Å². The number of hydrogen-bond acceptors (Lipinski definition) is 4. The first-order chi connectivity index (χ1) is 16.0. The molecule has 1 fully saturated rings. The van der Waals surface area contributed by atoms with E-state index < -0.39 is 40.3 Å². The largest absolute Gasteiger partial charge is 0.494 e. The zero-order valence-corrected chi connectivity index (χ0v) is 20.1. The number of rotatable bonds is 8. The predicted molar refractivity (Wildman–Crippen MR) is 123 cm³/mol. The Morgan fingerprint density at radius 1 is 1.12 bits per heavy atom. The number of sulfonamides is 1. The summed E-state index contributed by atoms with van der Waals surface area (Å²) in [5, 5.41) is 2.26. The van der Waals surface area contributed by atoms with Gasteiger partial charge in [0.25, 0.3) is 0 Å². The SMILES string of the molecule is CCOc1ccc(S(=O)(=O)N(CC(=O)Nc2cc(C(F)(F)F)ccc2Cl)C2CCCCC2)cc1. The number of anilines is 1. The van der Waals surface area contributed by atoms with Gasteiger partial charge in [0.15, 0.2) is 0 Å². The second kappa shape index (κ2) is 11.0. The fourth-order valence-corrected chi connectivity index (χ4v) is 5.72. The molecule has 1 amide bonds. The summed E-state index contributed by atoms with van der Waals surface area (Å²) in [6.45, 7) is 1.69. The highest BCUT2D eigenvalue weighted by Gasteiger charge is 2.35. The summed E-state index contributed by atoms with van der Waals surface area (Å²) in [4.78, 5) is 12.8. The van der Waals surface area contributed by atoms with Gasteiger partial charge < -0.3 is 10.1 Å². The van der Waals surface area contributed by atoms with E-state index in [9.17, 15) is 26.4 Å². The Morgan fingerprint density at radius 2 is 1.76 bits per heavy atom. The van der Waals surface area contributed by atoms with E-state index in [1.807, 2.05) is 6.92 Å². The molecule has 0 spiro atoms. The number of alkyl halides is 3. The maximum atomic E-state index is 13.5. The minimum atomic E-state index is -4.62. The van der Waals surface area contributed by atoms with Crippen molar-refractivity contribution >= 4 is 33.2 Å². The van der Waals surface area contributed by atoms with Crippen LogP contribution in [-0.4, -0.2) is 37.8 Å². The Morgan fingerprint density at radius 3 is 2.35 bits per heavy atom. The predicted octanol–water partition coefficient (Wildman–Crippen LogP) is 5.72. The lowest BCUT2D eigenvalue weighted by atomic mass is 9.95. The molecule has 2 aromatic rings. The minimum Gasteiger partial charge on any atom is -0.494 e. The molecule has 0 aliphatic heterocycles. The average molecular weight is 519 g/mol. The van der Waals surface area contributed by atoms with Gasteiger partial charge in [-0.25, -0.2) is 8.42 Å². The maximum absolute atomic E-state index is 13.5. The highest BCUT2D eigenvalue weighted by atomic mass is 35.5. The van der Waals surface area contributed by atoms with Crippen molar-refractivity contribution in [1.29, 1.82) is 0 Å². The number of halogens is 4. The monoisotopic (exact) mass is 518 g/mol. The lowest BCUT2D eigenvalue weighted by Crippen LogP contribution is -2.45. The van der Waals surface area contributed by atoms with Crippen molar-refractivity contribution in [3.05, 3.63) is 53.1 Å². The fraction of sp³-hybridized carbons (Fsp3) is 0.435. The van der Waals surface area contributed by atoms with E-state index in [-0.39, 0.29) is 15.6 Å². The van der Waals surface area contributed by atoms with Gasteiger partial charge in [-0.05, 0) is 62.2 Å². The van der Waals surface area contributed by atoms with Gasteiger partial charge in [0.1, 0.15) is 5.75 Å². The maximum Gasteiger partial charge on any atom is 0.416 e. The van der Waals surface area contributed by atoms with Gasteiger partial charge in [-0.2, -0.15) is 17.5 Å². The zero-order chi connectivity index (χ0) is 24.9. The van der Waals surface area contributed by atoms with Crippen molar-refractivity contribution in [2.45, 2.75) is 56.1 Å². The van der Waals surface area contributed by atoms with E-state index in [1.165, 1.54) is 24.3 Å². The number of hydrogen-bond donors (Lipinski definition) is 1. The lowest BCUT2D eigenvalue weighted by molar-refractivity contribution is -0.137. The second-order valence-electron chi connectivity index (χ2n) is 7.99. The fourth-order valence-electron chi connectivity index (χ4n) is 3.92. The molecule has 34 heavy (non-hydrogen) atoms. The first kappa shape index (κ1) is 26.3. The van der Waals surface area contributed by atoms with E-state index in [0.717, 1.165) is 41.8 Å². The van der Waals surface area contributed by atoms with Crippen LogP contribution in [0.15, 0.2) is 47.4 Å². The topological polar surface area (TPSA) is 75.7 Å². The zero-order valence-electron chi connectivity index (χ0n) is 18.6. The summed E-state index contributed by atoms with van der Waals surface area (Å²) in [5.41, 5.74) is -1.21. The molecule has 1 N–H and O–H groups in total. The molecule has 6 nitrogen and oxygen atoms in total. The molecule has 0 heterocycles. The lowest BCUT2D eigenvalue weighted by Gasteiger charge is -2.33. The van der Waals surface area contributed by atoms with E-state index in [0.29, 0.717) is 25.2 Å². The molecule has 3 rings (SSSR count). The van der Waals surface area contributed by atoms with Crippen molar-refractivity contribution in [3.8, 4) is 5.75 Å². The van der Waals surface area contributed by atoms with Crippen LogP contribution in [0, 0.1) is 0 Å². The van der Waals surface area contributed by atoms with Gasteiger partial charge in [0.05, 0.1) is 34.3 Å². The van der Waals surface area contributed by atoms with Crippen LogP contribution in [0.2, 0.25) is 5.02 Å². The van der Waals surface area contributed by atoms with E-state index in [1.54, 1.807) is 0 Å². The first-order valence-corrected chi connectivity index (χ1v) is 12.8. The number of nitrogens with zero attached hydrogens (tertiary/aromatic N) is 1. The third-order valence-electron chi connectivity index (χ3n) is 5.59. The van der Waals surface area contributed by atoms with Crippen LogP contribution in [0.4, 0.5) is 18.9 Å². The molecule has 0 aromatic heterocycles. The molecule has 11 heteroatoms. The van der Waals surface area contributed by atoms with Crippen molar-refractivity contribution < 1.29 is 31.1 Å². The third kappa shape index (κ3) is 6.43. The van der Waals surface area contributed by atoms with Crippen LogP contribution < -0.4 is 10.1 Å². The van der Waals surface area contributed by atoms with Crippen LogP contribution in [0.3, 0.4) is 0 Å².